The lowest BCUT2D eigenvalue weighted by Gasteiger charge is -2.30. The lowest BCUT2D eigenvalue weighted by molar-refractivity contribution is -0.113. The number of hydrogen-bond acceptors (Lipinski definition) is 10. The van der Waals surface area contributed by atoms with Gasteiger partial charge in [0.2, 0.25) is 0 Å². The molecule has 6 rings (SSSR count). The number of fused-ring (bicyclic) bond motifs is 1. The summed E-state index contributed by atoms with van der Waals surface area (Å²) in [6.45, 7) is 7.02. The molecule has 11 nitrogen and oxygen atoms in total. The van der Waals surface area contributed by atoms with E-state index in [1.807, 2.05) is 23.7 Å². The van der Waals surface area contributed by atoms with E-state index in [9.17, 15) is 4.79 Å². The summed E-state index contributed by atoms with van der Waals surface area (Å²) >= 11 is 1.55. The Morgan fingerprint density at radius 1 is 1.16 bits per heavy atom. The highest BCUT2D eigenvalue weighted by molar-refractivity contribution is 8.02. The van der Waals surface area contributed by atoms with E-state index in [0.29, 0.717) is 17.3 Å². The van der Waals surface area contributed by atoms with Gasteiger partial charge in [-0.25, -0.2) is 0 Å². The van der Waals surface area contributed by atoms with E-state index in [1.54, 1.807) is 18.0 Å². The number of oxazole rings is 1. The fourth-order valence-electron chi connectivity index (χ4n) is 4.90. The number of nitrogens with zero attached hydrogens (tertiary/aromatic N) is 4. The van der Waals surface area contributed by atoms with Crippen molar-refractivity contribution >= 4 is 46.2 Å². The number of morpholine rings is 1. The summed E-state index contributed by atoms with van der Waals surface area (Å²) in [6.07, 6.45) is 7.09. The first-order valence-corrected chi connectivity index (χ1v) is 13.8. The smallest absolute Gasteiger partial charge is 0.295 e. The summed E-state index contributed by atoms with van der Waals surface area (Å²) < 4.78 is 11.5. The maximum atomic E-state index is 13.2. The highest BCUT2D eigenvalue weighted by Gasteiger charge is 2.25. The molecule has 37 heavy (non-hydrogen) atoms. The monoisotopic (exact) mass is 524 g/mol. The van der Waals surface area contributed by atoms with Gasteiger partial charge in [-0.15, -0.1) is 11.8 Å². The Bertz CT molecular complexity index is 1250. The zero-order chi connectivity index (χ0) is 25.0. The van der Waals surface area contributed by atoms with Crippen molar-refractivity contribution in [3.63, 3.8) is 0 Å². The lowest BCUT2D eigenvalue weighted by atomic mass is 10.1. The summed E-state index contributed by atoms with van der Waals surface area (Å²) in [5.74, 6) is -0.181. The molecule has 3 aliphatic rings. The largest absolute Gasteiger partial charge is 0.423 e. The molecule has 3 aliphatic heterocycles. The van der Waals surface area contributed by atoms with Crippen LogP contribution >= 0.6 is 11.8 Å². The third-order valence-electron chi connectivity index (χ3n) is 6.93. The SMILES string of the molecule is O=C(Nc1cc2oc(NCCN3CCOCC3)nc2cc1N1CCCCC1)C1=CSC(c2cn[nH]c2)N1. The number of carbonyl (C=O) groups excluding carboxylic acids is 1. The molecular weight excluding hydrogens is 492 g/mol. The second-order valence-corrected chi connectivity index (χ2v) is 10.4. The Hall–Kier alpha value is -3.22. The first-order chi connectivity index (χ1) is 18.2. The summed E-state index contributed by atoms with van der Waals surface area (Å²) in [5, 5.41) is 18.4. The molecule has 0 radical (unpaired) electrons. The average molecular weight is 525 g/mol. The van der Waals surface area contributed by atoms with Crippen molar-refractivity contribution in [1.82, 2.24) is 25.4 Å². The van der Waals surface area contributed by atoms with Crippen molar-refractivity contribution in [2.45, 2.75) is 24.6 Å². The minimum absolute atomic E-state index is 0.0380. The molecule has 196 valence electrons. The van der Waals surface area contributed by atoms with Crippen LogP contribution in [0.25, 0.3) is 11.1 Å². The Morgan fingerprint density at radius 2 is 2.03 bits per heavy atom. The van der Waals surface area contributed by atoms with Gasteiger partial charge >= 0.3 is 0 Å². The van der Waals surface area contributed by atoms with Crippen molar-refractivity contribution in [1.29, 1.82) is 0 Å². The van der Waals surface area contributed by atoms with Gasteiger partial charge in [0, 0.05) is 62.5 Å². The van der Waals surface area contributed by atoms with Gasteiger partial charge in [-0.3, -0.25) is 14.8 Å². The number of ether oxygens (including phenoxy) is 1. The standard InChI is InChI=1S/C25H32N8O3S/c34-23(20-16-37-24(30-20)17-14-27-28-15-17)29-18-13-22-19(12-21(18)33-5-2-1-3-6-33)31-25(36-22)26-4-7-32-8-10-35-11-9-32/h12-16,24,30H,1-11H2,(H,26,31)(H,27,28)(H,29,34). The van der Waals surface area contributed by atoms with Crippen molar-refractivity contribution in [2.75, 3.05) is 68.0 Å². The molecule has 12 heteroatoms. The van der Waals surface area contributed by atoms with Gasteiger partial charge in [0.15, 0.2) is 5.58 Å². The number of rotatable bonds is 8. The molecule has 3 aromatic rings. The lowest BCUT2D eigenvalue weighted by Crippen LogP contribution is -2.39. The summed E-state index contributed by atoms with van der Waals surface area (Å²) in [5.41, 5.74) is 4.66. The highest BCUT2D eigenvalue weighted by Crippen LogP contribution is 2.36. The van der Waals surface area contributed by atoms with Crippen LogP contribution in [0.2, 0.25) is 0 Å². The van der Waals surface area contributed by atoms with Crippen LogP contribution in [-0.2, 0) is 9.53 Å². The molecule has 0 bridgehead atoms. The quantitative estimate of drug-likeness (QED) is 0.349. The predicted molar refractivity (Wildman–Crippen MR) is 145 cm³/mol. The molecule has 1 amide bonds. The second kappa shape index (κ2) is 11.0. The zero-order valence-corrected chi connectivity index (χ0v) is 21.5. The maximum Gasteiger partial charge on any atom is 0.295 e. The Kier molecular flexibility index (Phi) is 7.20. The van der Waals surface area contributed by atoms with Gasteiger partial charge in [0.05, 0.1) is 30.8 Å². The molecule has 2 fully saturated rings. The van der Waals surface area contributed by atoms with E-state index in [1.165, 1.54) is 6.42 Å². The fraction of sp³-hybridized carbons (Fsp3) is 0.480. The number of anilines is 3. The van der Waals surface area contributed by atoms with Crippen LogP contribution in [0.1, 0.15) is 30.2 Å². The highest BCUT2D eigenvalue weighted by atomic mass is 32.2. The first-order valence-electron chi connectivity index (χ1n) is 12.9. The summed E-state index contributed by atoms with van der Waals surface area (Å²) in [6, 6.07) is 4.43. The third kappa shape index (κ3) is 5.55. The number of piperidine rings is 1. The molecule has 0 aliphatic carbocycles. The fourth-order valence-corrected chi connectivity index (χ4v) is 5.83. The molecule has 4 N–H and O–H groups in total. The van der Waals surface area contributed by atoms with Crippen LogP contribution in [0, 0.1) is 0 Å². The zero-order valence-electron chi connectivity index (χ0n) is 20.7. The normalized spacial score (nSPS) is 20.6. The molecule has 5 heterocycles. The average Bonchev–Trinajstić information content (AvgIpc) is 3.70. The molecule has 0 spiro atoms. The number of aromatic nitrogens is 3. The van der Waals surface area contributed by atoms with E-state index in [-0.39, 0.29) is 11.3 Å². The number of hydrogen-bond donors (Lipinski definition) is 4. The predicted octanol–water partition coefficient (Wildman–Crippen LogP) is 3.10. The Labute approximate surface area is 219 Å². The van der Waals surface area contributed by atoms with Gasteiger partial charge < -0.3 is 30.0 Å². The van der Waals surface area contributed by atoms with Crippen LogP contribution in [0.5, 0.6) is 0 Å². The number of nitrogens with one attached hydrogen (secondary N) is 4. The van der Waals surface area contributed by atoms with Gasteiger partial charge in [-0.05, 0) is 25.3 Å². The van der Waals surface area contributed by atoms with Crippen LogP contribution in [-0.4, -0.2) is 78.5 Å². The second-order valence-electron chi connectivity index (χ2n) is 9.46. The van der Waals surface area contributed by atoms with Crippen molar-refractivity contribution in [3.05, 3.63) is 41.2 Å². The van der Waals surface area contributed by atoms with E-state index in [2.05, 4.69) is 35.9 Å². The molecule has 1 atom stereocenters. The van der Waals surface area contributed by atoms with E-state index >= 15 is 0 Å². The molecule has 0 saturated carbocycles. The minimum atomic E-state index is -0.181. The van der Waals surface area contributed by atoms with E-state index in [0.717, 1.165) is 87.8 Å². The van der Waals surface area contributed by atoms with Gasteiger partial charge in [-0.1, -0.05) is 0 Å². The molecule has 1 unspecified atom stereocenters. The number of carbonyl (C=O) groups is 1. The van der Waals surface area contributed by atoms with Gasteiger partial charge in [0.1, 0.15) is 16.6 Å². The maximum absolute atomic E-state index is 13.2. The number of benzene rings is 1. The van der Waals surface area contributed by atoms with Crippen molar-refractivity contribution < 1.29 is 13.9 Å². The minimum Gasteiger partial charge on any atom is -0.423 e. The molecule has 1 aromatic carbocycles. The Morgan fingerprint density at radius 3 is 2.84 bits per heavy atom. The number of thioether (sulfide) groups is 1. The van der Waals surface area contributed by atoms with E-state index in [4.69, 9.17) is 14.1 Å². The van der Waals surface area contributed by atoms with Crippen LogP contribution in [0.15, 0.2) is 40.0 Å². The Balaban J connectivity index is 1.18. The third-order valence-corrected chi connectivity index (χ3v) is 7.97. The summed E-state index contributed by atoms with van der Waals surface area (Å²) in [4.78, 5) is 22.6. The van der Waals surface area contributed by atoms with Crippen LogP contribution in [0.3, 0.4) is 0 Å². The molecular formula is C25H32N8O3S. The van der Waals surface area contributed by atoms with E-state index < -0.39 is 0 Å². The van der Waals surface area contributed by atoms with Gasteiger partial charge in [0.25, 0.3) is 11.9 Å². The van der Waals surface area contributed by atoms with Gasteiger partial charge in [-0.2, -0.15) is 10.1 Å². The van der Waals surface area contributed by atoms with Crippen LogP contribution in [0.4, 0.5) is 17.4 Å². The van der Waals surface area contributed by atoms with Crippen molar-refractivity contribution in [2.24, 2.45) is 0 Å². The van der Waals surface area contributed by atoms with Crippen molar-refractivity contribution in [3.8, 4) is 0 Å². The molecule has 2 saturated heterocycles. The topological polar surface area (TPSA) is 124 Å². The number of amides is 1. The van der Waals surface area contributed by atoms with Crippen LogP contribution < -0.4 is 20.9 Å². The number of H-pyrrole nitrogens is 1. The first kappa shape index (κ1) is 24.1. The molecule has 2 aromatic heterocycles. The number of aromatic amines is 1. The summed E-state index contributed by atoms with van der Waals surface area (Å²) in [7, 11) is 0.